The number of rotatable bonds is 3. The van der Waals surface area contributed by atoms with Crippen molar-refractivity contribution in [3.8, 4) is 0 Å². The number of aromatic nitrogens is 2. The number of halogens is 1. The first kappa shape index (κ1) is 18.1. The van der Waals surface area contributed by atoms with E-state index < -0.39 is 10.0 Å². The van der Waals surface area contributed by atoms with Crippen LogP contribution in [0.5, 0.6) is 0 Å². The second-order valence-corrected chi connectivity index (χ2v) is 8.67. The van der Waals surface area contributed by atoms with Crippen LogP contribution in [0.2, 0.25) is 0 Å². The summed E-state index contributed by atoms with van der Waals surface area (Å²) in [5.41, 5.74) is 1.58. The Morgan fingerprint density at radius 1 is 1.16 bits per heavy atom. The molecule has 0 atom stereocenters. The first-order valence-electron chi connectivity index (χ1n) is 7.88. The van der Waals surface area contributed by atoms with Crippen molar-refractivity contribution in [1.29, 1.82) is 0 Å². The molecule has 1 fully saturated rings. The number of aromatic amines is 1. The molecule has 0 saturated carbocycles. The number of hydrogen-bond donors (Lipinski definition) is 1. The molecule has 0 radical (unpaired) electrons. The normalized spacial score (nSPS) is 16.2. The van der Waals surface area contributed by atoms with Crippen LogP contribution < -0.4 is 0 Å². The van der Waals surface area contributed by atoms with E-state index in [0.717, 1.165) is 4.47 Å². The van der Waals surface area contributed by atoms with Crippen LogP contribution in [0.4, 0.5) is 0 Å². The summed E-state index contributed by atoms with van der Waals surface area (Å²) >= 11 is 3.38. The van der Waals surface area contributed by atoms with Gasteiger partial charge in [-0.1, -0.05) is 12.1 Å². The SMILES string of the molecule is Cc1n[nH]c(C)c1S(=O)(=O)N1CCN(C(=O)c2ccccc2Br)CC1. The fourth-order valence-electron chi connectivity index (χ4n) is 2.99. The number of piperazine rings is 1. The Kier molecular flexibility index (Phi) is 4.99. The van der Waals surface area contributed by atoms with Crippen molar-refractivity contribution in [3.63, 3.8) is 0 Å². The van der Waals surface area contributed by atoms with Gasteiger partial charge in [-0.25, -0.2) is 8.42 Å². The number of amides is 1. The lowest BCUT2D eigenvalue weighted by Crippen LogP contribution is -2.50. The maximum Gasteiger partial charge on any atom is 0.255 e. The molecule has 0 unspecified atom stereocenters. The predicted octanol–water partition coefficient (Wildman–Crippen LogP) is 1.94. The standard InChI is InChI=1S/C16H19BrN4O3S/c1-11-15(12(2)19-18-11)25(23,24)21-9-7-20(8-10-21)16(22)13-5-3-4-6-14(13)17/h3-6H,7-10H2,1-2H3,(H,18,19). The zero-order valence-corrected chi connectivity index (χ0v) is 16.4. The van der Waals surface area contributed by atoms with Crippen molar-refractivity contribution < 1.29 is 13.2 Å². The highest BCUT2D eigenvalue weighted by molar-refractivity contribution is 9.10. The largest absolute Gasteiger partial charge is 0.336 e. The van der Waals surface area contributed by atoms with E-state index in [0.29, 0.717) is 30.0 Å². The molecule has 1 aromatic heterocycles. The maximum atomic E-state index is 12.8. The van der Waals surface area contributed by atoms with Gasteiger partial charge in [0.2, 0.25) is 10.0 Å². The van der Waals surface area contributed by atoms with E-state index in [1.54, 1.807) is 24.8 Å². The molecule has 25 heavy (non-hydrogen) atoms. The van der Waals surface area contributed by atoms with Gasteiger partial charge >= 0.3 is 0 Å². The molecule has 3 rings (SSSR count). The van der Waals surface area contributed by atoms with Gasteiger partial charge in [-0.15, -0.1) is 0 Å². The average Bonchev–Trinajstić information content (AvgIpc) is 2.94. The van der Waals surface area contributed by atoms with Gasteiger partial charge in [-0.3, -0.25) is 9.89 Å². The highest BCUT2D eigenvalue weighted by Crippen LogP contribution is 2.24. The van der Waals surface area contributed by atoms with Gasteiger partial charge in [0.1, 0.15) is 4.90 Å². The van der Waals surface area contributed by atoms with Crippen molar-refractivity contribution in [2.75, 3.05) is 26.2 Å². The molecule has 1 saturated heterocycles. The summed E-state index contributed by atoms with van der Waals surface area (Å²) in [6.07, 6.45) is 0. The summed E-state index contributed by atoms with van der Waals surface area (Å²) in [5.74, 6) is -0.0970. The van der Waals surface area contributed by atoms with E-state index in [-0.39, 0.29) is 23.9 Å². The number of nitrogens with one attached hydrogen (secondary N) is 1. The molecule has 1 aromatic carbocycles. The lowest BCUT2D eigenvalue weighted by atomic mass is 10.2. The summed E-state index contributed by atoms with van der Waals surface area (Å²) in [6.45, 7) is 4.61. The summed E-state index contributed by atoms with van der Waals surface area (Å²) < 4.78 is 27.8. The average molecular weight is 427 g/mol. The molecule has 1 amide bonds. The monoisotopic (exact) mass is 426 g/mol. The summed E-state index contributed by atoms with van der Waals surface area (Å²) in [5, 5.41) is 6.68. The Bertz CT molecular complexity index is 882. The second kappa shape index (κ2) is 6.89. The zero-order valence-electron chi connectivity index (χ0n) is 14.0. The molecule has 2 aromatic rings. The van der Waals surface area contributed by atoms with E-state index in [4.69, 9.17) is 0 Å². The predicted molar refractivity (Wildman–Crippen MR) is 96.9 cm³/mol. The number of aryl methyl sites for hydroxylation is 2. The van der Waals surface area contributed by atoms with Gasteiger partial charge in [0.05, 0.1) is 17.0 Å². The molecule has 2 heterocycles. The number of hydrogen-bond acceptors (Lipinski definition) is 4. The van der Waals surface area contributed by atoms with E-state index in [2.05, 4.69) is 26.1 Å². The number of sulfonamides is 1. The van der Waals surface area contributed by atoms with Crippen LogP contribution >= 0.6 is 15.9 Å². The Morgan fingerprint density at radius 2 is 1.80 bits per heavy atom. The van der Waals surface area contributed by atoms with Crippen LogP contribution in [0.15, 0.2) is 33.6 Å². The highest BCUT2D eigenvalue weighted by Gasteiger charge is 2.33. The topological polar surface area (TPSA) is 86.4 Å². The first-order chi connectivity index (χ1) is 11.8. The fourth-order valence-corrected chi connectivity index (χ4v) is 5.19. The van der Waals surface area contributed by atoms with Crippen molar-refractivity contribution in [1.82, 2.24) is 19.4 Å². The fraction of sp³-hybridized carbons (Fsp3) is 0.375. The minimum atomic E-state index is -3.61. The quantitative estimate of drug-likeness (QED) is 0.811. The lowest BCUT2D eigenvalue weighted by Gasteiger charge is -2.34. The molecule has 1 aliphatic rings. The third-order valence-electron chi connectivity index (χ3n) is 4.29. The highest BCUT2D eigenvalue weighted by atomic mass is 79.9. The molecule has 7 nitrogen and oxygen atoms in total. The van der Waals surface area contributed by atoms with E-state index in [1.807, 2.05) is 18.2 Å². The molecule has 1 N–H and O–H groups in total. The Balaban J connectivity index is 1.74. The van der Waals surface area contributed by atoms with Crippen molar-refractivity contribution in [2.24, 2.45) is 0 Å². The molecule has 9 heteroatoms. The van der Waals surface area contributed by atoms with E-state index in [1.165, 1.54) is 4.31 Å². The Labute approximate surface area is 155 Å². The molecule has 0 spiro atoms. The smallest absolute Gasteiger partial charge is 0.255 e. The third kappa shape index (κ3) is 3.36. The summed E-state index contributed by atoms with van der Waals surface area (Å²) in [4.78, 5) is 14.5. The number of carbonyl (C=O) groups excluding carboxylic acids is 1. The van der Waals surface area contributed by atoms with Crippen LogP contribution in [0.25, 0.3) is 0 Å². The van der Waals surface area contributed by atoms with Crippen LogP contribution in [0.3, 0.4) is 0 Å². The Morgan fingerprint density at radius 3 is 2.36 bits per heavy atom. The Hall–Kier alpha value is -1.71. The van der Waals surface area contributed by atoms with Crippen molar-refractivity contribution >= 4 is 31.9 Å². The maximum absolute atomic E-state index is 12.8. The van der Waals surface area contributed by atoms with Gasteiger partial charge in [0.15, 0.2) is 0 Å². The molecular weight excluding hydrogens is 408 g/mol. The number of benzene rings is 1. The first-order valence-corrected chi connectivity index (χ1v) is 10.1. The second-order valence-electron chi connectivity index (χ2n) is 5.94. The van der Waals surface area contributed by atoms with Crippen LogP contribution in [0, 0.1) is 13.8 Å². The van der Waals surface area contributed by atoms with Gasteiger partial charge < -0.3 is 4.90 Å². The van der Waals surface area contributed by atoms with Gasteiger partial charge in [0.25, 0.3) is 5.91 Å². The molecular formula is C16H19BrN4O3S. The van der Waals surface area contributed by atoms with Gasteiger partial charge in [-0.2, -0.15) is 9.40 Å². The van der Waals surface area contributed by atoms with Crippen LogP contribution in [0.1, 0.15) is 21.7 Å². The van der Waals surface area contributed by atoms with E-state index >= 15 is 0 Å². The zero-order chi connectivity index (χ0) is 18.2. The summed E-state index contributed by atoms with van der Waals surface area (Å²) in [7, 11) is -3.61. The van der Waals surface area contributed by atoms with E-state index in [9.17, 15) is 13.2 Å². The minimum absolute atomic E-state index is 0.0970. The molecule has 0 bridgehead atoms. The van der Waals surface area contributed by atoms with Crippen molar-refractivity contribution in [2.45, 2.75) is 18.7 Å². The minimum Gasteiger partial charge on any atom is -0.336 e. The number of H-pyrrole nitrogens is 1. The molecule has 134 valence electrons. The van der Waals surface area contributed by atoms with Crippen LogP contribution in [-0.2, 0) is 10.0 Å². The third-order valence-corrected chi connectivity index (χ3v) is 7.14. The van der Waals surface area contributed by atoms with Gasteiger partial charge in [-0.05, 0) is 41.9 Å². The summed E-state index contributed by atoms with van der Waals surface area (Å²) in [6, 6.07) is 7.23. The van der Waals surface area contributed by atoms with Gasteiger partial charge in [0, 0.05) is 30.7 Å². The number of nitrogens with zero attached hydrogens (tertiary/aromatic N) is 3. The number of carbonyl (C=O) groups is 1. The molecule has 0 aliphatic carbocycles. The lowest BCUT2D eigenvalue weighted by molar-refractivity contribution is 0.0697. The molecule has 1 aliphatic heterocycles. The van der Waals surface area contributed by atoms with Crippen LogP contribution in [-0.4, -0.2) is 59.9 Å². The van der Waals surface area contributed by atoms with Crippen molar-refractivity contribution in [3.05, 3.63) is 45.7 Å².